The van der Waals surface area contributed by atoms with Gasteiger partial charge in [0.05, 0.1) is 13.9 Å². The first kappa shape index (κ1) is 16.9. The summed E-state index contributed by atoms with van der Waals surface area (Å²) in [5, 5.41) is 3.17. The van der Waals surface area contributed by atoms with Crippen molar-refractivity contribution in [1.29, 1.82) is 0 Å². The SMILES string of the molecule is CCNCc1cc(S(=O)(=O)Nc2ccncc2Br)c(Br)s1. The summed E-state index contributed by atoms with van der Waals surface area (Å²) < 4.78 is 28.7. The maximum atomic E-state index is 12.5. The van der Waals surface area contributed by atoms with Gasteiger partial charge in [-0.3, -0.25) is 9.71 Å². The molecule has 5 nitrogen and oxygen atoms in total. The van der Waals surface area contributed by atoms with E-state index in [4.69, 9.17) is 0 Å². The molecule has 0 aromatic carbocycles. The highest BCUT2D eigenvalue weighted by molar-refractivity contribution is 9.11. The predicted molar refractivity (Wildman–Crippen MR) is 92.1 cm³/mol. The summed E-state index contributed by atoms with van der Waals surface area (Å²) in [6.45, 7) is 3.48. The third-order valence-corrected chi connectivity index (χ3v) is 6.81. The number of thiophene rings is 1. The molecule has 2 aromatic rings. The molecule has 9 heteroatoms. The number of aromatic nitrogens is 1. The van der Waals surface area contributed by atoms with Crippen molar-refractivity contribution >= 4 is 58.9 Å². The standard InChI is InChI=1S/C12H13Br2N3O2S2/c1-2-15-6-8-5-11(12(14)20-8)21(18,19)17-10-3-4-16-7-9(10)13/h3-5,7,15H,2,6H2,1H3,(H,16,17). The lowest BCUT2D eigenvalue weighted by Gasteiger charge is -2.08. The lowest BCUT2D eigenvalue weighted by atomic mass is 10.4. The normalized spacial score (nSPS) is 11.6. The number of sulfonamides is 1. The smallest absolute Gasteiger partial charge is 0.263 e. The van der Waals surface area contributed by atoms with Gasteiger partial charge < -0.3 is 5.32 Å². The number of halogens is 2. The number of pyridine rings is 1. The Hall–Kier alpha value is -0.480. The molecule has 114 valence electrons. The van der Waals surface area contributed by atoms with E-state index in [0.29, 0.717) is 20.5 Å². The molecule has 2 rings (SSSR count). The Morgan fingerprint density at radius 1 is 1.38 bits per heavy atom. The number of anilines is 1. The second-order valence-corrected chi connectivity index (χ2v) is 9.05. The van der Waals surface area contributed by atoms with Crippen LogP contribution in [-0.4, -0.2) is 19.9 Å². The van der Waals surface area contributed by atoms with Crippen LogP contribution in [0.5, 0.6) is 0 Å². The Labute approximate surface area is 144 Å². The summed E-state index contributed by atoms with van der Waals surface area (Å²) in [7, 11) is -3.64. The van der Waals surface area contributed by atoms with Gasteiger partial charge in [0, 0.05) is 23.8 Å². The van der Waals surface area contributed by atoms with E-state index in [9.17, 15) is 8.42 Å². The summed E-state index contributed by atoms with van der Waals surface area (Å²) in [5.41, 5.74) is 0.455. The Kier molecular flexibility index (Phi) is 5.78. The van der Waals surface area contributed by atoms with Gasteiger partial charge in [0.1, 0.15) is 4.90 Å². The minimum atomic E-state index is -3.64. The lowest BCUT2D eigenvalue weighted by Crippen LogP contribution is -2.13. The molecular formula is C12H13Br2N3O2S2. The molecule has 0 aliphatic heterocycles. The molecular weight excluding hydrogens is 442 g/mol. The van der Waals surface area contributed by atoms with Crippen LogP contribution < -0.4 is 10.0 Å². The number of nitrogens with one attached hydrogen (secondary N) is 2. The van der Waals surface area contributed by atoms with Gasteiger partial charge in [-0.2, -0.15) is 0 Å². The van der Waals surface area contributed by atoms with Crippen LogP contribution in [0.1, 0.15) is 11.8 Å². The van der Waals surface area contributed by atoms with Crippen LogP contribution in [0.4, 0.5) is 5.69 Å². The first-order valence-corrected chi connectivity index (χ1v) is 9.94. The van der Waals surface area contributed by atoms with Gasteiger partial charge in [0.2, 0.25) is 0 Å². The Morgan fingerprint density at radius 2 is 2.14 bits per heavy atom. The van der Waals surface area contributed by atoms with Crippen molar-refractivity contribution in [3.05, 3.63) is 37.7 Å². The highest BCUT2D eigenvalue weighted by Crippen LogP contribution is 2.33. The Morgan fingerprint density at radius 3 is 2.81 bits per heavy atom. The molecule has 0 radical (unpaired) electrons. The van der Waals surface area contributed by atoms with Crippen molar-refractivity contribution in [2.45, 2.75) is 18.4 Å². The van der Waals surface area contributed by atoms with Gasteiger partial charge in [-0.25, -0.2) is 8.42 Å². The van der Waals surface area contributed by atoms with E-state index < -0.39 is 10.0 Å². The topological polar surface area (TPSA) is 71.1 Å². The van der Waals surface area contributed by atoms with E-state index in [1.54, 1.807) is 12.1 Å². The molecule has 0 saturated carbocycles. The fourth-order valence-electron chi connectivity index (χ4n) is 1.57. The second kappa shape index (κ2) is 7.19. The van der Waals surface area contributed by atoms with Crippen LogP contribution in [0.3, 0.4) is 0 Å². The van der Waals surface area contributed by atoms with Gasteiger partial charge in [-0.1, -0.05) is 6.92 Å². The van der Waals surface area contributed by atoms with Crippen LogP contribution in [0.25, 0.3) is 0 Å². The number of hydrogen-bond donors (Lipinski definition) is 2. The zero-order chi connectivity index (χ0) is 15.5. The van der Waals surface area contributed by atoms with Gasteiger partial charge in [0.25, 0.3) is 10.0 Å². The molecule has 2 aromatic heterocycles. The van der Waals surface area contributed by atoms with Crippen LogP contribution >= 0.6 is 43.2 Å². The fourth-order valence-corrected chi connectivity index (χ4v) is 5.79. The predicted octanol–water partition coefficient (Wildman–Crippen LogP) is 3.58. The molecule has 0 saturated heterocycles. The van der Waals surface area contributed by atoms with Gasteiger partial charge in [-0.05, 0) is 50.5 Å². The summed E-state index contributed by atoms with van der Waals surface area (Å²) in [4.78, 5) is 5.10. The minimum Gasteiger partial charge on any atom is -0.312 e. The quantitative estimate of drug-likeness (QED) is 0.699. The highest BCUT2D eigenvalue weighted by atomic mass is 79.9. The molecule has 0 fully saturated rings. The zero-order valence-electron chi connectivity index (χ0n) is 11.1. The number of rotatable bonds is 6. The molecule has 0 bridgehead atoms. The third kappa shape index (κ3) is 4.26. The Balaban J connectivity index is 2.27. The van der Waals surface area contributed by atoms with Crippen molar-refractivity contribution in [3.63, 3.8) is 0 Å². The molecule has 0 aliphatic rings. The van der Waals surface area contributed by atoms with Crippen molar-refractivity contribution in [2.75, 3.05) is 11.3 Å². The molecule has 0 spiro atoms. The second-order valence-electron chi connectivity index (χ2n) is 4.09. The summed E-state index contributed by atoms with van der Waals surface area (Å²) >= 11 is 8.00. The maximum absolute atomic E-state index is 12.5. The third-order valence-electron chi connectivity index (χ3n) is 2.56. The molecule has 0 aliphatic carbocycles. The van der Waals surface area contributed by atoms with E-state index in [2.05, 4.69) is 46.9 Å². The van der Waals surface area contributed by atoms with Crippen LogP contribution in [0, 0.1) is 0 Å². The highest BCUT2D eigenvalue weighted by Gasteiger charge is 2.21. The first-order valence-electron chi connectivity index (χ1n) is 6.05. The van der Waals surface area contributed by atoms with Crippen LogP contribution in [0.15, 0.2) is 37.7 Å². The molecule has 21 heavy (non-hydrogen) atoms. The van der Waals surface area contributed by atoms with E-state index in [1.807, 2.05) is 6.92 Å². The summed E-state index contributed by atoms with van der Waals surface area (Å²) in [6.07, 6.45) is 3.07. The van der Waals surface area contributed by atoms with Gasteiger partial charge in [0.15, 0.2) is 0 Å². The van der Waals surface area contributed by atoms with E-state index in [1.165, 1.54) is 23.7 Å². The minimum absolute atomic E-state index is 0.240. The van der Waals surface area contributed by atoms with Crippen molar-refractivity contribution < 1.29 is 8.42 Å². The van der Waals surface area contributed by atoms with Crippen LogP contribution in [-0.2, 0) is 16.6 Å². The van der Waals surface area contributed by atoms with Crippen molar-refractivity contribution in [3.8, 4) is 0 Å². The van der Waals surface area contributed by atoms with Crippen molar-refractivity contribution in [2.24, 2.45) is 0 Å². The largest absolute Gasteiger partial charge is 0.312 e. The van der Waals surface area contributed by atoms with Crippen molar-refractivity contribution in [1.82, 2.24) is 10.3 Å². The molecule has 0 amide bonds. The van der Waals surface area contributed by atoms with E-state index in [-0.39, 0.29) is 4.90 Å². The zero-order valence-corrected chi connectivity index (χ0v) is 15.9. The number of nitrogens with zero attached hydrogens (tertiary/aromatic N) is 1. The molecule has 2 N–H and O–H groups in total. The van der Waals surface area contributed by atoms with Crippen LogP contribution in [0.2, 0.25) is 0 Å². The summed E-state index contributed by atoms with van der Waals surface area (Å²) in [5.74, 6) is 0. The van der Waals surface area contributed by atoms with E-state index in [0.717, 1.165) is 11.4 Å². The van der Waals surface area contributed by atoms with Gasteiger partial charge >= 0.3 is 0 Å². The molecule has 0 atom stereocenters. The fraction of sp³-hybridized carbons (Fsp3) is 0.250. The first-order chi connectivity index (χ1) is 9.94. The monoisotopic (exact) mass is 453 g/mol. The van der Waals surface area contributed by atoms with E-state index >= 15 is 0 Å². The van der Waals surface area contributed by atoms with Gasteiger partial charge in [-0.15, -0.1) is 11.3 Å². The average molecular weight is 455 g/mol. The average Bonchev–Trinajstić information content (AvgIpc) is 2.81. The lowest BCUT2D eigenvalue weighted by molar-refractivity contribution is 0.601. The number of hydrogen-bond acceptors (Lipinski definition) is 5. The molecule has 2 heterocycles. The summed E-state index contributed by atoms with van der Waals surface area (Å²) in [6, 6.07) is 3.27. The maximum Gasteiger partial charge on any atom is 0.263 e. The molecule has 0 unspecified atom stereocenters. The Bertz CT molecular complexity index is 732.